The number of hydrogen-bond donors (Lipinski definition) is 1. The quantitative estimate of drug-likeness (QED) is 0.591. The van der Waals surface area contributed by atoms with Crippen molar-refractivity contribution in [3.05, 3.63) is 28.2 Å². The van der Waals surface area contributed by atoms with Crippen LogP contribution in [0.4, 0.5) is 0 Å². The van der Waals surface area contributed by atoms with Crippen molar-refractivity contribution >= 4 is 39.1 Å². The zero-order valence-corrected chi connectivity index (χ0v) is 20.7. The molecule has 0 unspecified atom stereocenters. The Labute approximate surface area is 201 Å². The Morgan fingerprint density at radius 1 is 1.00 bits per heavy atom. The molecule has 1 amide bonds. The number of nitrogens with one attached hydrogen (secondary N) is 1. The highest BCUT2D eigenvalue weighted by atomic mass is 35.5. The standard InChI is InChI=1S/C24H32Cl2N2O3S/c25-20-2-1-3-21(26)22(20)32(30,31)28-8-4-19(5-9-28)23(29)27-7-6-24-13-16-10-17(14-24)12-18(11-16)15-24/h1-3,16-19H,4-15H2,(H,27,29). The Morgan fingerprint density at radius 3 is 2.06 bits per heavy atom. The Kier molecular flexibility index (Phi) is 6.28. The van der Waals surface area contributed by atoms with Crippen molar-refractivity contribution in [1.82, 2.24) is 9.62 Å². The fourth-order valence-electron chi connectivity index (χ4n) is 7.41. The minimum Gasteiger partial charge on any atom is -0.356 e. The summed E-state index contributed by atoms with van der Waals surface area (Å²) >= 11 is 12.3. The summed E-state index contributed by atoms with van der Waals surface area (Å²) in [6, 6.07) is 4.69. The first-order chi connectivity index (χ1) is 15.3. The third-order valence-corrected chi connectivity index (χ3v) is 11.3. The van der Waals surface area contributed by atoms with Crippen molar-refractivity contribution in [2.24, 2.45) is 29.1 Å². The molecule has 1 aromatic rings. The lowest BCUT2D eigenvalue weighted by Crippen LogP contribution is -2.48. The van der Waals surface area contributed by atoms with E-state index in [0.29, 0.717) is 31.3 Å². The van der Waals surface area contributed by atoms with Crippen LogP contribution in [0.1, 0.15) is 57.8 Å². The van der Waals surface area contributed by atoms with Gasteiger partial charge in [-0.25, -0.2) is 8.42 Å². The van der Waals surface area contributed by atoms with Gasteiger partial charge in [-0.3, -0.25) is 4.79 Å². The van der Waals surface area contributed by atoms with E-state index in [-0.39, 0.29) is 26.8 Å². The summed E-state index contributed by atoms with van der Waals surface area (Å²) in [6.07, 6.45) is 10.5. The molecule has 176 valence electrons. The van der Waals surface area contributed by atoms with Gasteiger partial charge >= 0.3 is 0 Å². The zero-order valence-electron chi connectivity index (χ0n) is 18.4. The van der Waals surface area contributed by atoms with Gasteiger partial charge in [0.1, 0.15) is 4.90 Å². The maximum Gasteiger partial charge on any atom is 0.246 e. The highest BCUT2D eigenvalue weighted by Crippen LogP contribution is 2.61. The Bertz CT molecular complexity index is 933. The molecule has 5 nitrogen and oxygen atoms in total. The molecular weight excluding hydrogens is 467 g/mol. The van der Waals surface area contributed by atoms with Crippen LogP contribution in [0.25, 0.3) is 0 Å². The number of rotatable bonds is 6. The predicted molar refractivity (Wildman–Crippen MR) is 126 cm³/mol. The summed E-state index contributed by atoms with van der Waals surface area (Å²) in [5.41, 5.74) is 0.466. The third kappa shape index (κ3) is 4.33. The predicted octanol–water partition coefficient (Wildman–Crippen LogP) is 5.12. The van der Waals surface area contributed by atoms with Crippen LogP contribution in [0.3, 0.4) is 0 Å². The van der Waals surface area contributed by atoms with E-state index in [1.807, 2.05) is 0 Å². The molecule has 1 heterocycles. The van der Waals surface area contributed by atoms with E-state index < -0.39 is 10.0 Å². The summed E-state index contributed by atoms with van der Waals surface area (Å²) < 4.78 is 27.5. The molecule has 6 rings (SSSR count). The number of benzene rings is 1. The van der Waals surface area contributed by atoms with E-state index in [0.717, 1.165) is 30.7 Å². The largest absolute Gasteiger partial charge is 0.356 e. The first kappa shape index (κ1) is 22.9. The van der Waals surface area contributed by atoms with E-state index in [2.05, 4.69) is 5.32 Å². The van der Waals surface area contributed by atoms with Crippen LogP contribution in [0, 0.1) is 29.1 Å². The van der Waals surface area contributed by atoms with Gasteiger partial charge in [0.05, 0.1) is 10.0 Å². The Hall–Kier alpha value is -0.820. The molecule has 5 aliphatic rings. The van der Waals surface area contributed by atoms with Gasteiger partial charge in [-0.15, -0.1) is 0 Å². The minimum absolute atomic E-state index is 0.0400. The molecule has 0 radical (unpaired) electrons. The van der Waals surface area contributed by atoms with Crippen LogP contribution in [0.2, 0.25) is 10.0 Å². The van der Waals surface area contributed by atoms with Crippen LogP contribution < -0.4 is 5.32 Å². The third-order valence-electron chi connectivity index (χ3n) is 8.46. The van der Waals surface area contributed by atoms with Gasteiger partial charge in [-0.2, -0.15) is 4.31 Å². The van der Waals surface area contributed by atoms with Crippen molar-refractivity contribution in [3.8, 4) is 0 Å². The summed E-state index contributed by atoms with van der Waals surface area (Å²) in [6.45, 7) is 1.35. The van der Waals surface area contributed by atoms with Gasteiger partial charge < -0.3 is 5.32 Å². The smallest absolute Gasteiger partial charge is 0.246 e. The maximum atomic E-state index is 13.0. The van der Waals surface area contributed by atoms with Crippen LogP contribution >= 0.6 is 23.2 Å². The van der Waals surface area contributed by atoms with Gasteiger partial charge in [-0.05, 0) is 93.1 Å². The van der Waals surface area contributed by atoms with Gasteiger partial charge in [0.15, 0.2) is 0 Å². The summed E-state index contributed by atoms with van der Waals surface area (Å²) in [7, 11) is -3.78. The molecule has 4 aliphatic carbocycles. The molecule has 4 bridgehead atoms. The molecule has 32 heavy (non-hydrogen) atoms. The van der Waals surface area contributed by atoms with E-state index in [4.69, 9.17) is 23.2 Å². The van der Waals surface area contributed by atoms with Crippen molar-refractivity contribution < 1.29 is 13.2 Å². The zero-order chi connectivity index (χ0) is 22.5. The number of halogens is 2. The fraction of sp³-hybridized carbons (Fsp3) is 0.708. The molecule has 1 N–H and O–H groups in total. The lowest BCUT2D eigenvalue weighted by molar-refractivity contribution is -0.126. The molecule has 1 aliphatic heterocycles. The van der Waals surface area contributed by atoms with E-state index in [1.54, 1.807) is 6.07 Å². The monoisotopic (exact) mass is 498 g/mol. The molecule has 0 spiro atoms. The molecule has 4 saturated carbocycles. The van der Waals surface area contributed by atoms with Crippen molar-refractivity contribution in [3.63, 3.8) is 0 Å². The minimum atomic E-state index is -3.78. The van der Waals surface area contributed by atoms with E-state index in [9.17, 15) is 13.2 Å². The molecule has 5 fully saturated rings. The molecule has 0 atom stereocenters. The number of piperidine rings is 1. The Morgan fingerprint density at radius 2 is 1.53 bits per heavy atom. The molecule has 0 aromatic heterocycles. The van der Waals surface area contributed by atoms with Crippen molar-refractivity contribution in [2.45, 2.75) is 62.7 Å². The van der Waals surface area contributed by atoms with Gasteiger partial charge in [0.2, 0.25) is 15.9 Å². The van der Waals surface area contributed by atoms with Crippen LogP contribution in [-0.4, -0.2) is 38.3 Å². The Balaban J connectivity index is 1.13. The van der Waals surface area contributed by atoms with Crippen LogP contribution in [0.15, 0.2) is 23.1 Å². The van der Waals surface area contributed by atoms with Gasteiger partial charge in [0.25, 0.3) is 0 Å². The first-order valence-electron chi connectivity index (χ1n) is 12.0. The number of carbonyl (C=O) groups excluding carboxylic acids is 1. The summed E-state index contributed by atoms with van der Waals surface area (Å²) in [5.74, 6) is 2.71. The lowest BCUT2D eigenvalue weighted by Gasteiger charge is -2.57. The van der Waals surface area contributed by atoms with Gasteiger partial charge in [0, 0.05) is 25.6 Å². The number of carbonyl (C=O) groups is 1. The second-order valence-corrected chi connectivity index (χ2v) is 13.4. The average molecular weight is 500 g/mol. The van der Waals surface area contributed by atoms with E-state index >= 15 is 0 Å². The average Bonchev–Trinajstić information content (AvgIpc) is 2.72. The second-order valence-electron chi connectivity index (χ2n) is 10.7. The first-order valence-corrected chi connectivity index (χ1v) is 14.2. The van der Waals surface area contributed by atoms with Crippen molar-refractivity contribution in [1.29, 1.82) is 0 Å². The topological polar surface area (TPSA) is 66.5 Å². The highest BCUT2D eigenvalue weighted by Gasteiger charge is 2.50. The number of hydrogen-bond acceptors (Lipinski definition) is 3. The van der Waals surface area contributed by atoms with Crippen LogP contribution in [-0.2, 0) is 14.8 Å². The SMILES string of the molecule is O=C(NCCC12CC3CC(CC(C3)C1)C2)C1CCN(S(=O)(=O)c2c(Cl)cccc2Cl)CC1. The van der Waals surface area contributed by atoms with Crippen LogP contribution in [0.5, 0.6) is 0 Å². The molecule has 8 heteroatoms. The molecule has 1 saturated heterocycles. The van der Waals surface area contributed by atoms with Crippen molar-refractivity contribution in [2.75, 3.05) is 19.6 Å². The number of amides is 1. The number of nitrogens with zero attached hydrogens (tertiary/aromatic N) is 1. The lowest BCUT2D eigenvalue weighted by atomic mass is 9.49. The normalized spacial score (nSPS) is 32.9. The van der Waals surface area contributed by atoms with E-state index in [1.165, 1.54) is 55.0 Å². The molecular formula is C24H32Cl2N2O3S. The maximum absolute atomic E-state index is 13.0. The second kappa shape index (κ2) is 8.75. The van der Waals surface area contributed by atoms with Gasteiger partial charge in [-0.1, -0.05) is 29.3 Å². The summed E-state index contributed by atoms with van der Waals surface area (Å²) in [4.78, 5) is 12.8. The fourth-order valence-corrected chi connectivity index (χ4v) is 9.97. The molecule has 1 aromatic carbocycles. The summed E-state index contributed by atoms with van der Waals surface area (Å²) in [5, 5.41) is 3.44. The number of sulfonamides is 1. The highest BCUT2D eigenvalue weighted by molar-refractivity contribution is 7.89.